The fourth-order valence-electron chi connectivity index (χ4n) is 6.38. The van der Waals surface area contributed by atoms with Crippen molar-refractivity contribution in [2.75, 3.05) is 0 Å². The van der Waals surface area contributed by atoms with Gasteiger partial charge in [-0.25, -0.2) is 0 Å². The molecule has 0 amide bonds. The van der Waals surface area contributed by atoms with Gasteiger partial charge in [-0.3, -0.25) is 0 Å². The number of phenolic OH excluding ortho intramolecular Hbond substituents is 2. The Morgan fingerprint density at radius 1 is 0.450 bits per heavy atom. The molecule has 40 heavy (non-hydrogen) atoms. The van der Waals surface area contributed by atoms with E-state index in [0.29, 0.717) is 11.5 Å². The summed E-state index contributed by atoms with van der Waals surface area (Å²) in [7, 11) is 0. The second-order valence-corrected chi connectivity index (χ2v) is 12.2. The third-order valence-electron chi connectivity index (χ3n) is 8.87. The van der Waals surface area contributed by atoms with Gasteiger partial charge in [0, 0.05) is 17.0 Å². The standard InChI is InChI=1S/C38H62O2/c1-8-14-20-29-26-31(22-16-10-3)37(39)35(33(29)24-18-12-5)28(7)36-34(25-19-13-6)30(21-15-9-2)27-32(38(36)40)23-17-11-4/h26-28,39-40H,8-25H2,1-7H3. The average molecular weight is 551 g/mol. The molecular weight excluding hydrogens is 488 g/mol. The Labute approximate surface area is 248 Å². The van der Waals surface area contributed by atoms with E-state index in [2.05, 4.69) is 60.6 Å². The van der Waals surface area contributed by atoms with E-state index in [-0.39, 0.29) is 5.92 Å². The van der Waals surface area contributed by atoms with Crippen molar-refractivity contribution in [3.8, 4) is 11.5 Å². The first-order chi connectivity index (χ1) is 19.4. The van der Waals surface area contributed by atoms with Gasteiger partial charge in [0.15, 0.2) is 0 Å². The maximum absolute atomic E-state index is 12.0. The molecule has 0 heterocycles. The van der Waals surface area contributed by atoms with Gasteiger partial charge in [0.25, 0.3) is 0 Å². The molecule has 0 unspecified atom stereocenters. The summed E-state index contributed by atoms with van der Waals surface area (Å²) in [6.07, 6.45) is 19.6. The Hall–Kier alpha value is -1.96. The van der Waals surface area contributed by atoms with E-state index >= 15 is 0 Å². The van der Waals surface area contributed by atoms with Gasteiger partial charge < -0.3 is 10.2 Å². The van der Waals surface area contributed by atoms with Crippen LogP contribution in [0.25, 0.3) is 0 Å². The van der Waals surface area contributed by atoms with Crippen molar-refractivity contribution >= 4 is 0 Å². The predicted molar refractivity (Wildman–Crippen MR) is 175 cm³/mol. The molecule has 0 aliphatic carbocycles. The van der Waals surface area contributed by atoms with E-state index in [1.54, 1.807) is 0 Å². The lowest BCUT2D eigenvalue weighted by atomic mass is 9.77. The molecular formula is C38H62O2. The number of aryl methyl sites for hydroxylation is 4. The molecule has 0 atom stereocenters. The summed E-state index contributed by atoms with van der Waals surface area (Å²) in [6, 6.07) is 4.67. The topological polar surface area (TPSA) is 40.5 Å². The maximum atomic E-state index is 12.0. The lowest BCUT2D eigenvalue weighted by molar-refractivity contribution is 0.445. The number of phenols is 2. The highest BCUT2D eigenvalue weighted by molar-refractivity contribution is 5.60. The summed E-state index contributed by atoms with van der Waals surface area (Å²) < 4.78 is 0. The molecule has 2 N–H and O–H groups in total. The lowest BCUT2D eigenvalue weighted by Crippen LogP contribution is -2.13. The van der Waals surface area contributed by atoms with Crippen molar-refractivity contribution in [3.05, 3.63) is 56.6 Å². The van der Waals surface area contributed by atoms with Gasteiger partial charge in [0.1, 0.15) is 11.5 Å². The molecule has 2 aromatic carbocycles. The summed E-state index contributed by atoms with van der Waals surface area (Å²) >= 11 is 0. The Kier molecular flexibility index (Phi) is 15.8. The zero-order valence-corrected chi connectivity index (χ0v) is 27.4. The van der Waals surface area contributed by atoms with Gasteiger partial charge in [0.05, 0.1) is 0 Å². The second kappa shape index (κ2) is 18.5. The van der Waals surface area contributed by atoms with Crippen LogP contribution >= 0.6 is 0 Å². The fraction of sp³-hybridized carbons (Fsp3) is 0.684. The molecule has 0 bridgehead atoms. The minimum atomic E-state index is -0.0392. The zero-order chi connectivity index (χ0) is 29.5. The zero-order valence-electron chi connectivity index (χ0n) is 27.4. The van der Waals surface area contributed by atoms with Crippen LogP contribution in [0.3, 0.4) is 0 Å². The van der Waals surface area contributed by atoms with Crippen LogP contribution < -0.4 is 0 Å². The van der Waals surface area contributed by atoms with Gasteiger partial charge in [-0.2, -0.15) is 0 Å². The van der Waals surface area contributed by atoms with Crippen molar-refractivity contribution < 1.29 is 10.2 Å². The van der Waals surface area contributed by atoms with Gasteiger partial charge in [-0.15, -0.1) is 0 Å². The number of rotatable bonds is 20. The Morgan fingerprint density at radius 3 is 1.02 bits per heavy atom. The largest absolute Gasteiger partial charge is 0.507 e. The highest BCUT2D eigenvalue weighted by Gasteiger charge is 2.28. The molecule has 2 aromatic rings. The molecule has 0 radical (unpaired) electrons. The number of benzene rings is 2. The van der Waals surface area contributed by atoms with Crippen LogP contribution in [0.15, 0.2) is 12.1 Å². The smallest absolute Gasteiger partial charge is 0.122 e. The first kappa shape index (κ1) is 34.2. The fourth-order valence-corrected chi connectivity index (χ4v) is 6.38. The first-order valence-corrected chi connectivity index (χ1v) is 17.1. The van der Waals surface area contributed by atoms with Crippen molar-refractivity contribution in [1.29, 1.82) is 0 Å². The van der Waals surface area contributed by atoms with Crippen molar-refractivity contribution in [2.45, 2.75) is 170 Å². The van der Waals surface area contributed by atoms with E-state index in [9.17, 15) is 10.2 Å². The quantitative estimate of drug-likeness (QED) is 0.172. The molecule has 0 saturated heterocycles. The molecule has 2 rings (SSSR count). The molecule has 2 nitrogen and oxygen atoms in total. The molecule has 0 spiro atoms. The van der Waals surface area contributed by atoms with Crippen LogP contribution in [0, 0.1) is 0 Å². The van der Waals surface area contributed by atoms with Crippen molar-refractivity contribution in [2.24, 2.45) is 0 Å². The van der Waals surface area contributed by atoms with Crippen LogP contribution in [-0.2, 0) is 38.5 Å². The van der Waals surface area contributed by atoms with Gasteiger partial charge >= 0.3 is 0 Å². The van der Waals surface area contributed by atoms with E-state index in [1.807, 2.05) is 0 Å². The molecule has 226 valence electrons. The first-order valence-electron chi connectivity index (χ1n) is 17.1. The SMILES string of the molecule is CCCCc1cc(CCCC)c(CCCC)c(C(C)c2c(O)c(CCCC)cc(CCCC)c2CCCC)c1O. The van der Waals surface area contributed by atoms with Gasteiger partial charge in [0.2, 0.25) is 0 Å². The van der Waals surface area contributed by atoms with Gasteiger partial charge in [-0.1, -0.05) is 99.1 Å². The summed E-state index contributed by atoms with van der Waals surface area (Å²) in [5.41, 5.74) is 10.0. The highest BCUT2D eigenvalue weighted by atomic mass is 16.3. The van der Waals surface area contributed by atoms with Crippen LogP contribution in [-0.4, -0.2) is 10.2 Å². The normalized spacial score (nSPS) is 11.6. The third-order valence-corrected chi connectivity index (χ3v) is 8.87. The Morgan fingerprint density at radius 2 is 0.725 bits per heavy atom. The van der Waals surface area contributed by atoms with E-state index in [4.69, 9.17) is 0 Å². The summed E-state index contributed by atoms with van der Waals surface area (Å²) in [6.45, 7) is 15.8. The Balaban J connectivity index is 2.91. The minimum absolute atomic E-state index is 0.0392. The molecule has 0 aliphatic heterocycles. The van der Waals surface area contributed by atoms with Crippen LogP contribution in [0.5, 0.6) is 11.5 Å². The number of hydrogen-bond acceptors (Lipinski definition) is 2. The third kappa shape index (κ3) is 9.02. The van der Waals surface area contributed by atoms with Crippen molar-refractivity contribution in [3.63, 3.8) is 0 Å². The predicted octanol–water partition coefficient (Wildman–Crippen LogP) is 11.3. The monoisotopic (exact) mass is 550 g/mol. The Bertz CT molecular complexity index is 938. The van der Waals surface area contributed by atoms with Crippen LogP contribution in [0.2, 0.25) is 0 Å². The highest BCUT2D eigenvalue weighted by Crippen LogP contribution is 2.46. The van der Waals surface area contributed by atoms with E-state index in [0.717, 1.165) is 112 Å². The average Bonchev–Trinajstić information content (AvgIpc) is 2.95. The molecule has 2 heteroatoms. The van der Waals surface area contributed by atoms with Crippen LogP contribution in [0.4, 0.5) is 0 Å². The number of unbranched alkanes of at least 4 members (excludes halogenated alkanes) is 6. The molecule has 0 fully saturated rings. The van der Waals surface area contributed by atoms with Crippen molar-refractivity contribution in [1.82, 2.24) is 0 Å². The van der Waals surface area contributed by atoms with E-state index in [1.165, 1.54) is 47.9 Å². The molecule has 0 saturated carbocycles. The van der Waals surface area contributed by atoms with E-state index < -0.39 is 0 Å². The van der Waals surface area contributed by atoms with Gasteiger partial charge in [-0.05, 0) is 110 Å². The summed E-state index contributed by atoms with van der Waals surface area (Å²) in [5.74, 6) is 0.965. The maximum Gasteiger partial charge on any atom is 0.122 e. The summed E-state index contributed by atoms with van der Waals surface area (Å²) in [5, 5.41) is 23.9. The minimum Gasteiger partial charge on any atom is -0.507 e. The molecule has 0 aromatic heterocycles. The molecule has 0 aliphatic rings. The second-order valence-electron chi connectivity index (χ2n) is 12.2. The number of hydrogen-bond donors (Lipinski definition) is 2. The lowest BCUT2D eigenvalue weighted by Gasteiger charge is -2.28. The van der Waals surface area contributed by atoms with Crippen LogP contribution in [0.1, 0.15) is 176 Å². The summed E-state index contributed by atoms with van der Waals surface area (Å²) in [4.78, 5) is 0. The number of aromatic hydroxyl groups is 2.